The molecule has 0 amide bonds. The lowest BCUT2D eigenvalue weighted by Crippen LogP contribution is -2.17. The summed E-state index contributed by atoms with van der Waals surface area (Å²) in [5.41, 5.74) is 6.28. The van der Waals surface area contributed by atoms with Gasteiger partial charge in [0.05, 0.1) is 16.3 Å². The van der Waals surface area contributed by atoms with Gasteiger partial charge in [-0.25, -0.2) is 12.8 Å². The predicted molar refractivity (Wildman–Crippen MR) is 75.3 cm³/mol. The lowest BCUT2D eigenvalue weighted by molar-refractivity contribution is 0.598. The van der Waals surface area contributed by atoms with Crippen LogP contribution in [0.1, 0.15) is 11.1 Å². The second-order valence-corrected chi connectivity index (χ2v) is 6.00. The van der Waals surface area contributed by atoms with Crippen molar-refractivity contribution in [3.05, 3.63) is 47.5 Å². The average Bonchev–Trinajstić information content (AvgIpc) is 2.36. The molecule has 0 unspecified atom stereocenters. The van der Waals surface area contributed by atoms with Crippen molar-refractivity contribution >= 4 is 21.4 Å². The number of sulfonamides is 1. The van der Waals surface area contributed by atoms with Crippen LogP contribution in [0.15, 0.2) is 35.5 Å². The number of pyridine rings is 1. The summed E-state index contributed by atoms with van der Waals surface area (Å²) in [7, 11) is -3.84. The second-order valence-electron chi connectivity index (χ2n) is 4.38. The molecule has 0 aliphatic rings. The van der Waals surface area contributed by atoms with Crippen LogP contribution in [0.4, 0.5) is 15.8 Å². The second kappa shape index (κ2) is 5.09. The van der Waals surface area contributed by atoms with E-state index in [0.29, 0.717) is 11.3 Å². The zero-order valence-electron chi connectivity index (χ0n) is 11.0. The van der Waals surface area contributed by atoms with Crippen molar-refractivity contribution in [3.63, 3.8) is 0 Å². The molecule has 1 aromatic heterocycles. The summed E-state index contributed by atoms with van der Waals surface area (Å²) < 4.78 is 40.7. The van der Waals surface area contributed by atoms with Crippen molar-refractivity contribution in [2.75, 3.05) is 10.5 Å². The van der Waals surface area contributed by atoms with Gasteiger partial charge in [0.25, 0.3) is 10.0 Å². The molecule has 0 aliphatic heterocycles. The van der Waals surface area contributed by atoms with Crippen molar-refractivity contribution in [1.82, 2.24) is 4.98 Å². The lowest BCUT2D eigenvalue weighted by atomic mass is 10.1. The van der Waals surface area contributed by atoms with Crippen LogP contribution < -0.4 is 10.5 Å². The van der Waals surface area contributed by atoms with Gasteiger partial charge in [-0.2, -0.15) is 0 Å². The molecule has 0 radical (unpaired) electrons. The van der Waals surface area contributed by atoms with Crippen LogP contribution in [0.3, 0.4) is 0 Å². The van der Waals surface area contributed by atoms with Gasteiger partial charge >= 0.3 is 0 Å². The molecule has 0 aliphatic carbocycles. The van der Waals surface area contributed by atoms with Gasteiger partial charge in [-0.3, -0.25) is 9.71 Å². The number of nitrogen functional groups attached to an aromatic ring is 1. The van der Waals surface area contributed by atoms with E-state index in [0.717, 1.165) is 6.07 Å². The van der Waals surface area contributed by atoms with Crippen LogP contribution in [-0.4, -0.2) is 13.4 Å². The molecule has 0 bridgehead atoms. The van der Waals surface area contributed by atoms with E-state index in [1.54, 1.807) is 0 Å². The molecule has 0 saturated carbocycles. The fraction of sp³-hybridized carbons (Fsp3) is 0.154. The van der Waals surface area contributed by atoms with Crippen molar-refractivity contribution in [2.45, 2.75) is 18.7 Å². The van der Waals surface area contributed by atoms with Crippen LogP contribution >= 0.6 is 0 Å². The summed E-state index contributed by atoms with van der Waals surface area (Å²) in [6, 6.07) is 4.16. The Morgan fingerprint density at radius 2 is 1.85 bits per heavy atom. The molecule has 20 heavy (non-hydrogen) atoms. The van der Waals surface area contributed by atoms with Crippen LogP contribution in [0.2, 0.25) is 0 Å². The maximum absolute atomic E-state index is 13.5. The number of anilines is 2. The Bertz CT molecular complexity index is 746. The summed E-state index contributed by atoms with van der Waals surface area (Å²) >= 11 is 0. The first-order valence-corrected chi connectivity index (χ1v) is 7.29. The van der Waals surface area contributed by atoms with E-state index in [9.17, 15) is 12.8 Å². The van der Waals surface area contributed by atoms with Crippen molar-refractivity contribution in [1.29, 1.82) is 0 Å². The van der Waals surface area contributed by atoms with Gasteiger partial charge in [0.15, 0.2) is 0 Å². The molecule has 2 rings (SSSR count). The van der Waals surface area contributed by atoms with Crippen molar-refractivity contribution in [3.8, 4) is 0 Å². The van der Waals surface area contributed by atoms with E-state index >= 15 is 0 Å². The maximum Gasteiger partial charge on any atom is 0.262 e. The van der Waals surface area contributed by atoms with Gasteiger partial charge in [0, 0.05) is 12.4 Å². The third kappa shape index (κ3) is 2.57. The van der Waals surface area contributed by atoms with Gasteiger partial charge in [0.1, 0.15) is 5.82 Å². The van der Waals surface area contributed by atoms with Crippen LogP contribution in [0.5, 0.6) is 0 Å². The maximum atomic E-state index is 13.5. The first kappa shape index (κ1) is 14.3. The van der Waals surface area contributed by atoms with Crippen LogP contribution in [0.25, 0.3) is 0 Å². The summed E-state index contributed by atoms with van der Waals surface area (Å²) in [6.07, 6.45) is 2.94. The molecular weight excluding hydrogens is 281 g/mol. The summed E-state index contributed by atoms with van der Waals surface area (Å²) in [5, 5.41) is 0. The highest BCUT2D eigenvalue weighted by atomic mass is 32.2. The summed E-state index contributed by atoms with van der Waals surface area (Å²) in [5.74, 6) is -0.622. The molecule has 106 valence electrons. The molecule has 1 aromatic carbocycles. The molecule has 2 aromatic rings. The molecule has 3 N–H and O–H groups in total. The highest BCUT2D eigenvalue weighted by Gasteiger charge is 2.23. The minimum Gasteiger partial charge on any atom is -0.396 e. The predicted octanol–water partition coefficient (Wildman–Crippen LogP) is 2.22. The summed E-state index contributed by atoms with van der Waals surface area (Å²) in [6.45, 7) is 3.00. The topological polar surface area (TPSA) is 85.1 Å². The number of benzene rings is 1. The minimum atomic E-state index is -3.84. The molecule has 0 fully saturated rings. The van der Waals surface area contributed by atoms with Gasteiger partial charge in [-0.1, -0.05) is 0 Å². The Morgan fingerprint density at radius 1 is 1.25 bits per heavy atom. The van der Waals surface area contributed by atoms with Crippen LogP contribution in [-0.2, 0) is 10.0 Å². The van der Waals surface area contributed by atoms with E-state index in [-0.39, 0.29) is 16.1 Å². The average molecular weight is 295 g/mol. The Kier molecular flexibility index (Phi) is 3.63. The molecule has 7 heteroatoms. The quantitative estimate of drug-likeness (QED) is 0.850. The van der Waals surface area contributed by atoms with Gasteiger partial charge in [-0.15, -0.1) is 0 Å². The fourth-order valence-corrected chi connectivity index (χ4v) is 3.51. The number of aryl methyl sites for hydroxylation is 1. The largest absolute Gasteiger partial charge is 0.396 e. The number of rotatable bonds is 3. The first-order valence-electron chi connectivity index (χ1n) is 5.81. The van der Waals surface area contributed by atoms with Crippen molar-refractivity contribution < 1.29 is 12.8 Å². The molecular formula is C13H14FN3O2S. The highest BCUT2D eigenvalue weighted by molar-refractivity contribution is 7.92. The molecule has 1 heterocycles. The lowest BCUT2D eigenvalue weighted by Gasteiger charge is -2.14. The monoisotopic (exact) mass is 295 g/mol. The van der Waals surface area contributed by atoms with E-state index in [2.05, 4.69) is 9.71 Å². The van der Waals surface area contributed by atoms with E-state index in [4.69, 9.17) is 5.73 Å². The number of nitrogens with zero attached hydrogens (tertiary/aromatic N) is 1. The molecule has 5 nitrogen and oxygen atoms in total. The Hall–Kier alpha value is -2.15. The number of nitrogens with one attached hydrogen (secondary N) is 1. The van der Waals surface area contributed by atoms with Gasteiger partial charge in [-0.05, 0) is 43.2 Å². The zero-order valence-corrected chi connectivity index (χ0v) is 11.8. The van der Waals surface area contributed by atoms with E-state index in [1.807, 2.05) is 0 Å². The first-order chi connectivity index (χ1) is 9.33. The minimum absolute atomic E-state index is 0.00628. The normalized spacial score (nSPS) is 11.3. The van der Waals surface area contributed by atoms with Crippen molar-refractivity contribution in [2.24, 2.45) is 0 Å². The standard InChI is InChI=1S/C13H14FN3O2S/c1-8-7-11(14)12(15)9(2)13(8)20(18,19)17-10-3-5-16-6-4-10/h3-7H,15H2,1-2H3,(H,16,17). The Balaban J connectivity index is 2.53. The number of hydrogen-bond acceptors (Lipinski definition) is 4. The Labute approximate surface area is 116 Å². The Morgan fingerprint density at radius 3 is 2.45 bits per heavy atom. The van der Waals surface area contributed by atoms with E-state index in [1.165, 1.54) is 38.4 Å². The smallest absolute Gasteiger partial charge is 0.262 e. The number of halogens is 1. The third-order valence-corrected chi connectivity index (χ3v) is 4.57. The molecule has 0 spiro atoms. The molecule has 0 atom stereocenters. The number of aromatic nitrogens is 1. The highest BCUT2D eigenvalue weighted by Crippen LogP contribution is 2.28. The third-order valence-electron chi connectivity index (χ3n) is 2.90. The zero-order chi connectivity index (χ0) is 14.9. The van der Waals surface area contributed by atoms with Gasteiger partial charge in [0.2, 0.25) is 0 Å². The van der Waals surface area contributed by atoms with Gasteiger partial charge < -0.3 is 5.73 Å². The number of hydrogen-bond donors (Lipinski definition) is 2. The van der Waals surface area contributed by atoms with E-state index < -0.39 is 15.8 Å². The SMILES string of the molecule is Cc1cc(F)c(N)c(C)c1S(=O)(=O)Nc1ccncc1. The number of nitrogens with two attached hydrogens (primary N) is 1. The fourth-order valence-electron chi connectivity index (χ4n) is 1.97. The molecule has 0 saturated heterocycles. The summed E-state index contributed by atoms with van der Waals surface area (Å²) in [4.78, 5) is 3.80. The van der Waals surface area contributed by atoms with Crippen LogP contribution in [0, 0.1) is 19.7 Å².